The molecule has 3 aromatic rings. The predicted octanol–water partition coefficient (Wildman–Crippen LogP) is 3.87. The number of piperidine rings is 1. The molecular formula is C25H28ClF2N5O3S. The first kappa shape index (κ1) is 26.0. The van der Waals surface area contributed by atoms with Gasteiger partial charge in [-0.1, -0.05) is 23.7 Å². The summed E-state index contributed by atoms with van der Waals surface area (Å²) in [5.74, 6) is -3.32. The molecular weight excluding hydrogens is 524 g/mol. The molecule has 2 aliphatic rings. The Kier molecular flexibility index (Phi) is 6.76. The van der Waals surface area contributed by atoms with E-state index in [9.17, 15) is 17.2 Å². The van der Waals surface area contributed by atoms with E-state index in [0.717, 1.165) is 5.56 Å². The number of aromatic nitrogens is 2. The minimum Gasteiger partial charge on any atom is -0.420 e. The first-order chi connectivity index (χ1) is 17.4. The summed E-state index contributed by atoms with van der Waals surface area (Å²) >= 11 is 6.03. The Bertz CT molecular complexity index is 1410. The summed E-state index contributed by atoms with van der Waals surface area (Å²) in [6, 6.07) is 10.0. The van der Waals surface area contributed by atoms with Crippen LogP contribution in [0.2, 0.25) is 5.02 Å². The highest BCUT2D eigenvalue weighted by Gasteiger charge is 2.41. The molecule has 2 N–H and O–H groups in total. The van der Waals surface area contributed by atoms with Crippen molar-refractivity contribution < 1.29 is 21.6 Å². The maximum absolute atomic E-state index is 14.1. The van der Waals surface area contributed by atoms with Gasteiger partial charge in [0.05, 0.1) is 28.8 Å². The summed E-state index contributed by atoms with van der Waals surface area (Å²) < 4.78 is 60.6. The number of likely N-dealkylation sites (N-methyl/N-ethyl adjacent to an activating group) is 1. The van der Waals surface area contributed by atoms with Crippen molar-refractivity contribution in [2.24, 2.45) is 5.73 Å². The number of aryl methyl sites for hydroxylation is 1. The number of halogens is 3. The molecule has 0 bridgehead atoms. The monoisotopic (exact) mass is 551 g/mol. The zero-order valence-electron chi connectivity index (χ0n) is 20.5. The second-order valence-electron chi connectivity index (χ2n) is 10.1. The van der Waals surface area contributed by atoms with E-state index in [2.05, 4.69) is 10.2 Å². The van der Waals surface area contributed by atoms with Crippen LogP contribution < -0.4 is 10.6 Å². The molecule has 1 saturated heterocycles. The number of hydrogen-bond acceptors (Lipinski definition) is 8. The first-order valence-electron chi connectivity index (χ1n) is 11.9. The smallest absolute Gasteiger partial charge is 0.261 e. The first-order valence-corrected chi connectivity index (χ1v) is 14.0. The highest BCUT2D eigenvalue weighted by molar-refractivity contribution is 7.91. The van der Waals surface area contributed by atoms with Gasteiger partial charge in [-0.2, -0.15) is 0 Å². The molecule has 1 unspecified atom stereocenters. The van der Waals surface area contributed by atoms with Crippen LogP contribution in [-0.2, 0) is 16.4 Å². The van der Waals surface area contributed by atoms with Gasteiger partial charge in [-0.3, -0.25) is 4.90 Å². The van der Waals surface area contributed by atoms with Crippen molar-refractivity contribution >= 4 is 27.1 Å². The Balaban J connectivity index is 1.54. The fourth-order valence-electron chi connectivity index (χ4n) is 5.16. The zero-order valence-corrected chi connectivity index (χ0v) is 22.1. The number of sulfone groups is 1. The van der Waals surface area contributed by atoms with E-state index in [1.165, 1.54) is 0 Å². The van der Waals surface area contributed by atoms with Crippen molar-refractivity contribution in [2.75, 3.05) is 37.3 Å². The van der Waals surface area contributed by atoms with Crippen molar-refractivity contribution in [3.8, 4) is 11.5 Å². The Hall–Kier alpha value is -2.60. The number of anilines is 1. The van der Waals surface area contributed by atoms with Crippen LogP contribution in [0.3, 0.4) is 0 Å². The van der Waals surface area contributed by atoms with Crippen LogP contribution in [0.25, 0.3) is 11.5 Å². The summed E-state index contributed by atoms with van der Waals surface area (Å²) in [5.41, 5.74) is 8.79. The third kappa shape index (κ3) is 5.50. The normalized spacial score (nSPS) is 23.5. The summed E-state index contributed by atoms with van der Waals surface area (Å²) in [6.45, 7) is 2.55. The Morgan fingerprint density at radius 1 is 1.19 bits per heavy atom. The average Bonchev–Trinajstić information content (AvgIpc) is 3.25. The van der Waals surface area contributed by atoms with Crippen LogP contribution >= 0.6 is 11.6 Å². The van der Waals surface area contributed by atoms with Gasteiger partial charge < -0.3 is 15.1 Å². The molecule has 37 heavy (non-hydrogen) atoms. The van der Waals surface area contributed by atoms with E-state index in [1.807, 2.05) is 17.0 Å². The molecule has 3 heterocycles. The van der Waals surface area contributed by atoms with Crippen molar-refractivity contribution in [1.82, 2.24) is 15.1 Å². The number of likely N-dealkylation sites (tertiary alicyclic amines) is 1. The lowest BCUT2D eigenvalue weighted by atomic mass is 9.95. The van der Waals surface area contributed by atoms with E-state index in [-0.39, 0.29) is 35.4 Å². The molecule has 0 aliphatic carbocycles. The van der Waals surface area contributed by atoms with Crippen molar-refractivity contribution in [2.45, 2.75) is 42.7 Å². The molecule has 0 saturated carbocycles. The molecule has 8 nitrogen and oxygen atoms in total. The fourth-order valence-corrected chi connectivity index (χ4v) is 7.00. The Labute approximate surface area is 219 Å². The number of alkyl halides is 2. The number of nitrogens with zero attached hydrogens (tertiary/aromatic N) is 4. The van der Waals surface area contributed by atoms with E-state index in [4.69, 9.17) is 21.8 Å². The van der Waals surface area contributed by atoms with E-state index in [0.29, 0.717) is 41.5 Å². The largest absolute Gasteiger partial charge is 0.420 e. The van der Waals surface area contributed by atoms with Crippen LogP contribution in [-0.4, -0.2) is 67.9 Å². The van der Waals surface area contributed by atoms with Crippen LogP contribution in [0.4, 0.5) is 14.5 Å². The van der Waals surface area contributed by atoms with Gasteiger partial charge in [-0.25, -0.2) is 17.2 Å². The predicted molar refractivity (Wildman–Crippen MR) is 137 cm³/mol. The summed E-state index contributed by atoms with van der Waals surface area (Å²) in [4.78, 5) is 3.66. The molecule has 2 atom stereocenters. The van der Waals surface area contributed by atoms with Crippen LogP contribution in [0, 0.1) is 6.92 Å². The van der Waals surface area contributed by atoms with Gasteiger partial charge in [0.1, 0.15) is 0 Å². The highest BCUT2D eigenvalue weighted by atomic mass is 35.5. The third-order valence-electron chi connectivity index (χ3n) is 6.76. The number of fused-ring (bicyclic) bond motifs is 1. The molecule has 1 aromatic heterocycles. The minimum absolute atomic E-state index is 0.142. The Morgan fingerprint density at radius 3 is 2.62 bits per heavy atom. The topological polar surface area (TPSA) is 106 Å². The van der Waals surface area contributed by atoms with Crippen molar-refractivity contribution in [3.63, 3.8) is 0 Å². The van der Waals surface area contributed by atoms with Gasteiger partial charge in [-0.15, -0.1) is 10.2 Å². The molecule has 198 valence electrons. The minimum atomic E-state index is -3.66. The standard InChI is InChI=1S/C25H28ClF2N5O3S/c1-15-7-22-21(33(12-19(29)13-37(22,34)35)10-16-3-5-18(26)6-4-16)8-20(15)24-31-30-23(36-24)17-9-25(27,28)14-32(2)11-17/h3-8,17,19H,9-14,29H2,1-2H3/t17?,19-/m1/s1. The molecule has 2 aliphatic heterocycles. The Morgan fingerprint density at radius 2 is 1.92 bits per heavy atom. The van der Waals surface area contributed by atoms with Gasteiger partial charge >= 0.3 is 0 Å². The van der Waals surface area contributed by atoms with Gasteiger partial charge in [-0.05, 0) is 49.4 Å². The number of rotatable bonds is 4. The van der Waals surface area contributed by atoms with Gasteiger partial charge in [0.15, 0.2) is 9.84 Å². The van der Waals surface area contributed by atoms with Gasteiger partial charge in [0.25, 0.3) is 5.92 Å². The fraction of sp³-hybridized carbons (Fsp3) is 0.440. The second-order valence-corrected chi connectivity index (χ2v) is 12.5. The van der Waals surface area contributed by atoms with E-state index in [1.54, 1.807) is 43.1 Å². The van der Waals surface area contributed by atoms with Crippen LogP contribution in [0.5, 0.6) is 0 Å². The lowest BCUT2D eigenvalue weighted by Gasteiger charge is -2.33. The average molecular weight is 552 g/mol. The molecule has 1 fully saturated rings. The van der Waals surface area contributed by atoms with Crippen LogP contribution in [0.15, 0.2) is 45.7 Å². The summed E-state index contributed by atoms with van der Waals surface area (Å²) in [7, 11) is -2.02. The molecule has 0 amide bonds. The number of benzene rings is 2. The summed E-state index contributed by atoms with van der Waals surface area (Å²) in [5, 5.41) is 8.84. The molecule has 0 spiro atoms. The molecule has 12 heteroatoms. The number of nitrogens with two attached hydrogens (primary N) is 1. The third-order valence-corrected chi connectivity index (χ3v) is 8.87. The molecule has 5 rings (SSSR count). The maximum Gasteiger partial charge on any atom is 0.261 e. The lowest BCUT2D eigenvalue weighted by molar-refractivity contribution is -0.0678. The second kappa shape index (κ2) is 9.61. The number of hydrogen-bond donors (Lipinski definition) is 1. The molecule has 2 aromatic carbocycles. The van der Waals surface area contributed by atoms with Crippen molar-refractivity contribution in [1.29, 1.82) is 0 Å². The van der Waals surface area contributed by atoms with Gasteiger partial charge in [0.2, 0.25) is 11.8 Å². The lowest BCUT2D eigenvalue weighted by Crippen LogP contribution is -2.44. The summed E-state index contributed by atoms with van der Waals surface area (Å²) in [6.07, 6.45) is -0.368. The molecule has 0 radical (unpaired) electrons. The van der Waals surface area contributed by atoms with Crippen molar-refractivity contribution in [3.05, 3.63) is 58.4 Å². The van der Waals surface area contributed by atoms with E-state index < -0.39 is 27.7 Å². The maximum atomic E-state index is 14.1. The van der Waals surface area contributed by atoms with Gasteiger partial charge in [0, 0.05) is 42.7 Å². The van der Waals surface area contributed by atoms with Crippen LogP contribution in [0.1, 0.15) is 29.4 Å². The quantitative estimate of drug-likeness (QED) is 0.521. The highest BCUT2D eigenvalue weighted by Crippen LogP contribution is 2.39. The SMILES string of the molecule is Cc1cc2c(cc1-c1nnc(C3CN(C)CC(F)(F)C3)o1)N(Cc1ccc(Cl)cc1)C[C@@H](N)CS2(=O)=O. The zero-order chi connectivity index (χ0) is 26.5. The van der Waals surface area contributed by atoms with E-state index >= 15 is 0 Å².